The molecule has 70 valence electrons. The van der Waals surface area contributed by atoms with Crippen LogP contribution in [0.1, 0.15) is 13.8 Å². The van der Waals surface area contributed by atoms with Crippen molar-refractivity contribution in [1.82, 2.24) is 0 Å². The van der Waals surface area contributed by atoms with Crippen LogP contribution >= 0.6 is 0 Å². The quantitative estimate of drug-likeness (QED) is 0.630. The Morgan fingerprint density at radius 2 is 1.00 bits per heavy atom. The van der Waals surface area contributed by atoms with Gasteiger partial charge in [0.2, 0.25) is 0 Å². The van der Waals surface area contributed by atoms with E-state index >= 15 is 0 Å². The fourth-order valence-corrected chi connectivity index (χ4v) is 2.02. The summed E-state index contributed by atoms with van der Waals surface area (Å²) in [5.41, 5.74) is 0. The smallest absolute Gasteiger partial charge is 0.199 e. The maximum absolute atomic E-state index is 10.0. The second kappa shape index (κ2) is 4.68. The summed E-state index contributed by atoms with van der Waals surface area (Å²) in [6, 6.07) is 0. The second-order valence-electron chi connectivity index (χ2n) is 1.48. The topological polar surface area (TPSA) is 77.5 Å². The van der Waals surface area contributed by atoms with Crippen molar-refractivity contribution in [3.8, 4) is 0 Å². The summed E-state index contributed by atoms with van der Waals surface area (Å²) in [6.07, 6.45) is 1.32. The van der Waals surface area contributed by atoms with E-state index < -0.39 is 20.2 Å². The second-order valence-corrected chi connectivity index (χ2v) is 4.84. The van der Waals surface area contributed by atoms with E-state index in [-0.39, 0.29) is 0 Å². The van der Waals surface area contributed by atoms with Crippen LogP contribution in [-0.4, -0.2) is 29.3 Å². The third-order valence-electron chi connectivity index (χ3n) is 0.247. The van der Waals surface area contributed by atoms with Crippen molar-refractivity contribution in [2.75, 3.05) is 12.5 Å². The minimum absolute atomic E-state index is 0.661. The molecule has 11 heavy (non-hydrogen) atoms. The van der Waals surface area contributed by atoms with Crippen LogP contribution in [0.3, 0.4) is 0 Å². The van der Waals surface area contributed by atoms with Crippen LogP contribution in [-0.2, 0) is 23.9 Å². The van der Waals surface area contributed by atoms with Crippen molar-refractivity contribution >= 4 is 20.2 Å². The highest BCUT2D eigenvalue weighted by molar-refractivity contribution is 7.99. The Labute approximate surface area is 67.6 Å². The molecule has 0 aromatic heterocycles. The van der Waals surface area contributed by atoms with Gasteiger partial charge < -0.3 is 0 Å². The van der Waals surface area contributed by atoms with Crippen molar-refractivity contribution in [3.05, 3.63) is 0 Å². The van der Waals surface area contributed by atoms with E-state index in [1.54, 1.807) is 0 Å². The maximum Gasteiger partial charge on any atom is 0.278 e. The van der Waals surface area contributed by atoms with Gasteiger partial charge in [-0.15, -0.1) is 3.63 Å². The minimum Gasteiger partial charge on any atom is -0.199 e. The average molecular weight is 204 g/mol. The lowest BCUT2D eigenvalue weighted by Gasteiger charge is -1.92. The van der Waals surface area contributed by atoms with Gasteiger partial charge in [0.15, 0.2) is 0 Å². The molecule has 0 bridgehead atoms. The molecule has 0 saturated carbocycles. The molecule has 0 spiro atoms. The highest BCUT2D eigenvalue weighted by Crippen LogP contribution is 1.92. The molecule has 0 N–H and O–H groups in total. The average Bonchev–Trinajstić information content (AvgIpc) is 1.60. The summed E-state index contributed by atoms with van der Waals surface area (Å²) in [4.78, 5) is 0. The summed E-state index contributed by atoms with van der Waals surface area (Å²) in [5, 5.41) is 0. The lowest BCUT2D eigenvalue weighted by atomic mass is 11.0. The highest BCUT2D eigenvalue weighted by atomic mass is 32.3. The Morgan fingerprint density at radius 3 is 1.00 bits per heavy atom. The minimum atomic E-state index is -3.87. The van der Waals surface area contributed by atoms with Crippen molar-refractivity contribution < 1.29 is 20.5 Å². The third kappa shape index (κ3) is 17.7. The molecule has 5 nitrogen and oxygen atoms in total. The summed E-state index contributed by atoms with van der Waals surface area (Å²) in [5.74, 6) is 0. The van der Waals surface area contributed by atoms with Crippen LogP contribution < -0.4 is 0 Å². The molecule has 0 heterocycles. The fraction of sp³-hybridized carbons (Fsp3) is 1.00. The van der Waals surface area contributed by atoms with Gasteiger partial charge in [0.25, 0.3) is 20.2 Å². The van der Waals surface area contributed by atoms with Crippen LogP contribution in [0.5, 0.6) is 0 Å². The summed E-state index contributed by atoms with van der Waals surface area (Å²) in [7, 11) is -7.74. The van der Waals surface area contributed by atoms with Gasteiger partial charge >= 0.3 is 0 Å². The molecule has 0 amide bonds. The molecule has 0 radical (unpaired) electrons. The SMILES string of the molecule is CC.CS(=O)(=O)OS(C)(=O)=O. The van der Waals surface area contributed by atoms with Crippen LogP contribution in [0.15, 0.2) is 0 Å². The molecular formula is C4H12O5S2. The van der Waals surface area contributed by atoms with Crippen molar-refractivity contribution in [2.45, 2.75) is 13.8 Å². The Kier molecular flexibility index (Phi) is 5.72. The fourth-order valence-electron chi connectivity index (χ4n) is 0.225. The molecule has 0 aliphatic carbocycles. The van der Waals surface area contributed by atoms with Gasteiger partial charge in [0, 0.05) is 0 Å². The van der Waals surface area contributed by atoms with E-state index in [9.17, 15) is 16.8 Å². The van der Waals surface area contributed by atoms with E-state index in [1.807, 2.05) is 13.8 Å². The molecule has 0 fully saturated rings. The monoisotopic (exact) mass is 204 g/mol. The first-order valence-electron chi connectivity index (χ1n) is 2.82. The predicted molar refractivity (Wildman–Crippen MR) is 42.1 cm³/mol. The first-order chi connectivity index (χ1) is 4.71. The van der Waals surface area contributed by atoms with Gasteiger partial charge in [-0.25, -0.2) is 0 Å². The van der Waals surface area contributed by atoms with E-state index in [1.165, 1.54) is 0 Å². The Balaban J connectivity index is 0. The van der Waals surface area contributed by atoms with Crippen LogP contribution in [0.4, 0.5) is 0 Å². The van der Waals surface area contributed by atoms with Crippen molar-refractivity contribution in [2.24, 2.45) is 0 Å². The van der Waals surface area contributed by atoms with Crippen molar-refractivity contribution in [1.29, 1.82) is 0 Å². The molecule has 0 aliphatic heterocycles. The largest absolute Gasteiger partial charge is 0.278 e. The summed E-state index contributed by atoms with van der Waals surface area (Å²) in [6.45, 7) is 4.00. The molecule has 7 heteroatoms. The van der Waals surface area contributed by atoms with E-state index in [0.29, 0.717) is 12.5 Å². The Bertz CT molecular complexity index is 242. The predicted octanol–water partition coefficient (Wildman–Crippen LogP) is -0.0516. The van der Waals surface area contributed by atoms with Gasteiger partial charge in [-0.2, -0.15) is 16.8 Å². The summed E-state index contributed by atoms with van der Waals surface area (Å²) < 4.78 is 43.8. The van der Waals surface area contributed by atoms with Gasteiger partial charge in [-0.1, -0.05) is 13.8 Å². The zero-order valence-corrected chi connectivity index (χ0v) is 8.49. The third-order valence-corrected chi connectivity index (χ3v) is 2.22. The number of rotatable bonds is 2. The molecule has 0 aromatic rings. The normalized spacial score (nSPS) is 11.6. The molecule has 0 unspecified atom stereocenters. The number of hydrogen-bond donors (Lipinski definition) is 0. The first-order valence-corrected chi connectivity index (χ1v) is 6.45. The van der Waals surface area contributed by atoms with Crippen LogP contribution in [0.2, 0.25) is 0 Å². The van der Waals surface area contributed by atoms with Gasteiger partial charge in [-0.3, -0.25) is 0 Å². The molecule has 0 aromatic carbocycles. The van der Waals surface area contributed by atoms with Crippen LogP contribution in [0, 0.1) is 0 Å². The molecular weight excluding hydrogens is 192 g/mol. The van der Waals surface area contributed by atoms with E-state index in [2.05, 4.69) is 3.63 Å². The van der Waals surface area contributed by atoms with Gasteiger partial charge in [-0.05, 0) is 0 Å². The molecule has 0 atom stereocenters. The zero-order valence-electron chi connectivity index (χ0n) is 6.86. The molecule has 0 saturated heterocycles. The van der Waals surface area contributed by atoms with Gasteiger partial charge in [0.1, 0.15) is 0 Å². The number of hydrogen-bond acceptors (Lipinski definition) is 5. The summed E-state index contributed by atoms with van der Waals surface area (Å²) >= 11 is 0. The van der Waals surface area contributed by atoms with Gasteiger partial charge in [0.05, 0.1) is 12.5 Å². The van der Waals surface area contributed by atoms with Crippen molar-refractivity contribution in [3.63, 3.8) is 0 Å². The first kappa shape index (κ1) is 13.4. The molecule has 0 rings (SSSR count). The van der Waals surface area contributed by atoms with Crippen LogP contribution in [0.25, 0.3) is 0 Å². The Hall–Kier alpha value is -0.140. The highest BCUT2D eigenvalue weighted by Gasteiger charge is 2.10. The standard InChI is InChI=1S/C2H6O5S2.C2H6/c1-8(3,4)7-9(2,5)6;1-2/h1-2H3;1-2H3. The lowest BCUT2D eigenvalue weighted by molar-refractivity contribution is 0.471. The Morgan fingerprint density at radius 1 is 0.818 bits per heavy atom. The molecule has 0 aliphatic rings. The van der Waals surface area contributed by atoms with E-state index in [0.717, 1.165) is 0 Å². The zero-order chi connectivity index (χ0) is 9.71. The maximum atomic E-state index is 10.0. The van der Waals surface area contributed by atoms with E-state index in [4.69, 9.17) is 0 Å². The lowest BCUT2D eigenvalue weighted by Crippen LogP contribution is -2.09.